The van der Waals surface area contributed by atoms with Crippen LogP contribution in [-0.2, 0) is 4.79 Å². The molecule has 2 aliphatic heterocycles. The Hall–Kier alpha value is -1.72. The molecular formula is C18H23ClN3O2+. The maximum absolute atomic E-state index is 10.7. The molecule has 0 aromatic heterocycles. The van der Waals surface area contributed by atoms with Gasteiger partial charge in [0.05, 0.1) is 11.6 Å². The molecule has 1 fully saturated rings. The number of halogens is 1. The molecule has 128 valence electrons. The molecule has 0 bridgehead atoms. The minimum absolute atomic E-state index is 0.216. The predicted octanol–water partition coefficient (Wildman–Crippen LogP) is 2.77. The van der Waals surface area contributed by atoms with E-state index in [-0.39, 0.29) is 6.42 Å². The predicted molar refractivity (Wildman–Crippen MR) is 95.2 cm³/mol. The van der Waals surface area contributed by atoms with E-state index < -0.39 is 5.97 Å². The number of aliphatic carboxylic acids is 1. The van der Waals surface area contributed by atoms with Crippen LogP contribution in [0.3, 0.4) is 0 Å². The standard InChI is InChI=1S/C18H22ClN3O2/c19-14-6-4-13(5-7-14)18-15-8-10-20-11-9-16(15)21-22(18)12-2-1-3-17(23)24/h4-7,15,20H,1-3,8-12H2/p+1. The number of fused-ring (bicyclic) bond motifs is 1. The van der Waals surface area contributed by atoms with Crippen molar-refractivity contribution in [3.8, 4) is 0 Å². The Bertz CT molecular complexity index is 667. The zero-order valence-corrected chi connectivity index (χ0v) is 14.4. The van der Waals surface area contributed by atoms with Crippen molar-refractivity contribution in [1.82, 2.24) is 5.32 Å². The molecule has 6 heteroatoms. The van der Waals surface area contributed by atoms with Crippen molar-refractivity contribution in [2.45, 2.75) is 32.1 Å². The van der Waals surface area contributed by atoms with E-state index in [0.29, 0.717) is 12.3 Å². The van der Waals surface area contributed by atoms with Crippen LogP contribution >= 0.6 is 11.6 Å². The van der Waals surface area contributed by atoms with Gasteiger partial charge in [0.2, 0.25) is 5.71 Å². The molecule has 3 rings (SSSR count). The van der Waals surface area contributed by atoms with Crippen LogP contribution in [-0.4, -0.2) is 46.8 Å². The van der Waals surface area contributed by atoms with E-state index in [1.807, 2.05) is 12.1 Å². The summed E-state index contributed by atoms with van der Waals surface area (Å²) in [5.41, 5.74) is 3.63. The normalized spacial score (nSPS) is 20.5. The first kappa shape index (κ1) is 17.1. The molecule has 5 nitrogen and oxygen atoms in total. The quantitative estimate of drug-likeness (QED) is 0.613. The fourth-order valence-corrected chi connectivity index (χ4v) is 3.54. The van der Waals surface area contributed by atoms with Crippen molar-refractivity contribution in [2.75, 3.05) is 19.6 Å². The first-order valence-corrected chi connectivity index (χ1v) is 8.93. The van der Waals surface area contributed by atoms with Crippen LogP contribution < -0.4 is 5.32 Å². The largest absolute Gasteiger partial charge is 0.481 e. The zero-order valence-electron chi connectivity index (χ0n) is 13.7. The Morgan fingerprint density at radius 2 is 2.08 bits per heavy atom. The number of benzene rings is 1. The minimum Gasteiger partial charge on any atom is -0.481 e. The SMILES string of the molecule is O=C(O)CCCC[N+]1=C(c2ccc(Cl)cc2)C2CCNCCC2=N1. The van der Waals surface area contributed by atoms with Crippen LogP contribution in [0.5, 0.6) is 0 Å². The first-order valence-electron chi connectivity index (χ1n) is 8.55. The van der Waals surface area contributed by atoms with Crippen LogP contribution in [0, 0.1) is 5.92 Å². The van der Waals surface area contributed by atoms with Crippen LogP contribution in [0.25, 0.3) is 0 Å². The summed E-state index contributed by atoms with van der Waals surface area (Å²) in [7, 11) is 0. The molecule has 1 unspecified atom stereocenters. The summed E-state index contributed by atoms with van der Waals surface area (Å²) >= 11 is 6.03. The number of rotatable bonds is 6. The number of nitrogens with one attached hydrogen (secondary N) is 1. The summed E-state index contributed by atoms with van der Waals surface area (Å²) in [6, 6.07) is 7.94. The number of unbranched alkanes of at least 4 members (excludes halogenated alkanes) is 1. The molecule has 2 N–H and O–H groups in total. The van der Waals surface area contributed by atoms with E-state index in [2.05, 4.69) is 22.1 Å². The number of carboxylic acids is 1. The lowest BCUT2D eigenvalue weighted by molar-refractivity contribution is -0.531. The van der Waals surface area contributed by atoms with Crippen LogP contribution in [0.15, 0.2) is 29.4 Å². The third-order valence-electron chi connectivity index (χ3n) is 4.58. The Morgan fingerprint density at radius 3 is 2.83 bits per heavy atom. The van der Waals surface area contributed by atoms with Crippen molar-refractivity contribution < 1.29 is 14.6 Å². The van der Waals surface area contributed by atoms with Gasteiger partial charge in [-0.05, 0) is 48.8 Å². The van der Waals surface area contributed by atoms with E-state index in [1.54, 1.807) is 0 Å². The average Bonchev–Trinajstić information content (AvgIpc) is 2.74. The Balaban J connectivity index is 1.83. The number of hydrazone groups is 1. The summed E-state index contributed by atoms with van der Waals surface area (Å²) in [4.78, 5) is 10.7. The van der Waals surface area contributed by atoms with Crippen molar-refractivity contribution in [3.05, 3.63) is 34.9 Å². The lowest BCUT2D eigenvalue weighted by atomic mass is 9.89. The molecule has 1 aromatic rings. The first-order chi connectivity index (χ1) is 11.6. The molecule has 24 heavy (non-hydrogen) atoms. The molecule has 2 heterocycles. The highest BCUT2D eigenvalue weighted by molar-refractivity contribution is 6.30. The van der Waals surface area contributed by atoms with Crippen molar-refractivity contribution in [1.29, 1.82) is 0 Å². The van der Waals surface area contributed by atoms with Gasteiger partial charge < -0.3 is 10.4 Å². The highest BCUT2D eigenvalue weighted by Gasteiger charge is 2.38. The molecule has 1 atom stereocenters. The van der Waals surface area contributed by atoms with Gasteiger partial charge in [-0.3, -0.25) is 4.79 Å². The van der Waals surface area contributed by atoms with Gasteiger partial charge in [0.25, 0.3) is 0 Å². The maximum Gasteiger partial charge on any atom is 0.303 e. The molecule has 0 amide bonds. The topological polar surface area (TPSA) is 64.7 Å². The summed E-state index contributed by atoms with van der Waals surface area (Å²) in [5, 5.41) is 17.8. The van der Waals surface area contributed by atoms with Crippen molar-refractivity contribution in [2.24, 2.45) is 11.0 Å². The molecule has 0 saturated carbocycles. The molecule has 1 saturated heterocycles. The van der Waals surface area contributed by atoms with Gasteiger partial charge in [0.15, 0.2) is 6.54 Å². The second kappa shape index (κ2) is 7.90. The lowest BCUT2D eigenvalue weighted by Gasteiger charge is -2.09. The molecule has 0 spiro atoms. The number of carboxylic acid groups (broad SMARTS) is 1. The molecule has 0 aliphatic carbocycles. The van der Waals surface area contributed by atoms with Gasteiger partial charge in [0, 0.05) is 36.4 Å². The highest BCUT2D eigenvalue weighted by Crippen LogP contribution is 2.25. The number of hydrogen-bond acceptors (Lipinski definition) is 3. The summed E-state index contributed by atoms with van der Waals surface area (Å²) in [6.07, 6.45) is 3.73. The second-order valence-corrected chi connectivity index (χ2v) is 6.74. The minimum atomic E-state index is -0.735. The molecule has 0 radical (unpaired) electrons. The van der Waals surface area contributed by atoms with Gasteiger partial charge in [-0.25, -0.2) is 0 Å². The fraction of sp³-hybridized carbons (Fsp3) is 0.500. The Labute approximate surface area is 147 Å². The third kappa shape index (κ3) is 4.02. The molecule has 1 aromatic carbocycles. The van der Waals surface area contributed by atoms with E-state index in [4.69, 9.17) is 21.8 Å². The van der Waals surface area contributed by atoms with E-state index in [9.17, 15) is 4.79 Å². The van der Waals surface area contributed by atoms with Gasteiger partial charge in [-0.1, -0.05) is 16.3 Å². The number of hydrogen-bond donors (Lipinski definition) is 2. The van der Waals surface area contributed by atoms with Crippen molar-refractivity contribution >= 4 is 29.0 Å². The maximum atomic E-state index is 10.7. The van der Waals surface area contributed by atoms with Crippen LogP contribution in [0.2, 0.25) is 5.02 Å². The monoisotopic (exact) mass is 348 g/mol. The Kier molecular flexibility index (Phi) is 5.63. The average molecular weight is 349 g/mol. The fourth-order valence-electron chi connectivity index (χ4n) is 3.41. The van der Waals surface area contributed by atoms with E-state index in [0.717, 1.165) is 49.5 Å². The van der Waals surface area contributed by atoms with Gasteiger partial charge in [0.1, 0.15) is 0 Å². The molecule has 2 aliphatic rings. The highest BCUT2D eigenvalue weighted by atomic mass is 35.5. The van der Waals surface area contributed by atoms with Crippen molar-refractivity contribution in [3.63, 3.8) is 0 Å². The van der Waals surface area contributed by atoms with E-state index in [1.165, 1.54) is 11.4 Å². The number of carbonyl (C=O) groups is 1. The second-order valence-electron chi connectivity index (χ2n) is 6.30. The van der Waals surface area contributed by atoms with E-state index >= 15 is 0 Å². The zero-order chi connectivity index (χ0) is 16.9. The number of nitrogens with zero attached hydrogens (tertiary/aromatic N) is 2. The summed E-state index contributed by atoms with van der Waals surface area (Å²) in [6.45, 7) is 2.72. The van der Waals surface area contributed by atoms with Gasteiger partial charge in [-0.2, -0.15) is 0 Å². The summed E-state index contributed by atoms with van der Waals surface area (Å²) in [5.74, 6) is -0.387. The third-order valence-corrected chi connectivity index (χ3v) is 4.83. The summed E-state index contributed by atoms with van der Waals surface area (Å²) < 4.78 is 2.09. The molecular weight excluding hydrogens is 326 g/mol. The van der Waals surface area contributed by atoms with Gasteiger partial charge in [-0.15, -0.1) is 0 Å². The smallest absolute Gasteiger partial charge is 0.303 e. The van der Waals surface area contributed by atoms with Crippen LogP contribution in [0.1, 0.15) is 37.7 Å². The Morgan fingerprint density at radius 1 is 1.29 bits per heavy atom. The van der Waals surface area contributed by atoms with Gasteiger partial charge >= 0.3 is 5.97 Å². The van der Waals surface area contributed by atoms with Crippen LogP contribution in [0.4, 0.5) is 0 Å². The lowest BCUT2D eigenvalue weighted by Crippen LogP contribution is -2.25.